The van der Waals surface area contributed by atoms with Crippen LogP contribution < -0.4 is 14.8 Å². The van der Waals surface area contributed by atoms with E-state index in [0.717, 1.165) is 0 Å². The zero-order valence-corrected chi connectivity index (χ0v) is 12.9. The zero-order valence-electron chi connectivity index (χ0n) is 12.9. The van der Waals surface area contributed by atoms with E-state index in [4.69, 9.17) is 14.2 Å². The van der Waals surface area contributed by atoms with Crippen molar-refractivity contribution in [3.05, 3.63) is 18.2 Å². The number of rotatable bonds is 3. The number of carbonyl (C=O) groups is 1. The smallest absolute Gasteiger partial charge is 0.322 e. The number of anilines is 1. The predicted molar refractivity (Wildman–Crippen MR) is 80.1 cm³/mol. The highest BCUT2D eigenvalue weighted by Gasteiger charge is 2.26. The summed E-state index contributed by atoms with van der Waals surface area (Å²) in [5.74, 6) is 1.25. The van der Waals surface area contributed by atoms with E-state index in [1.165, 1.54) is 0 Å². The summed E-state index contributed by atoms with van der Waals surface area (Å²) in [6.45, 7) is 5.08. The van der Waals surface area contributed by atoms with Crippen LogP contribution >= 0.6 is 0 Å². The minimum Gasteiger partial charge on any atom is -0.497 e. The van der Waals surface area contributed by atoms with Gasteiger partial charge in [0.05, 0.1) is 32.1 Å². The van der Waals surface area contributed by atoms with Crippen LogP contribution in [-0.4, -0.2) is 50.4 Å². The van der Waals surface area contributed by atoms with Gasteiger partial charge in [-0.05, 0) is 26.0 Å². The summed E-state index contributed by atoms with van der Waals surface area (Å²) in [6, 6.07) is 5.13. The molecule has 1 aliphatic rings. The lowest BCUT2D eigenvalue weighted by Crippen LogP contribution is -2.49. The molecule has 1 aromatic carbocycles. The molecule has 0 unspecified atom stereocenters. The van der Waals surface area contributed by atoms with Gasteiger partial charge >= 0.3 is 6.03 Å². The number of methoxy groups -OCH3 is 2. The quantitative estimate of drug-likeness (QED) is 0.929. The van der Waals surface area contributed by atoms with Crippen LogP contribution in [0.15, 0.2) is 18.2 Å². The van der Waals surface area contributed by atoms with Crippen molar-refractivity contribution in [1.82, 2.24) is 4.90 Å². The van der Waals surface area contributed by atoms with Crippen LogP contribution in [0.4, 0.5) is 10.5 Å². The molecule has 2 rings (SSSR count). The largest absolute Gasteiger partial charge is 0.497 e. The molecule has 0 radical (unpaired) electrons. The van der Waals surface area contributed by atoms with E-state index in [0.29, 0.717) is 30.3 Å². The first-order valence-electron chi connectivity index (χ1n) is 6.97. The number of ether oxygens (including phenoxy) is 3. The third-order valence-electron chi connectivity index (χ3n) is 3.36. The number of hydrogen-bond acceptors (Lipinski definition) is 4. The maximum Gasteiger partial charge on any atom is 0.322 e. The third-order valence-corrected chi connectivity index (χ3v) is 3.36. The van der Waals surface area contributed by atoms with Crippen LogP contribution in [0, 0.1) is 0 Å². The van der Waals surface area contributed by atoms with Gasteiger partial charge in [-0.1, -0.05) is 0 Å². The van der Waals surface area contributed by atoms with E-state index in [-0.39, 0.29) is 18.2 Å². The molecule has 1 saturated heterocycles. The van der Waals surface area contributed by atoms with Crippen LogP contribution in [0.2, 0.25) is 0 Å². The van der Waals surface area contributed by atoms with Gasteiger partial charge in [0.1, 0.15) is 11.5 Å². The van der Waals surface area contributed by atoms with Gasteiger partial charge in [0.2, 0.25) is 0 Å². The van der Waals surface area contributed by atoms with Gasteiger partial charge in [-0.25, -0.2) is 4.79 Å². The summed E-state index contributed by atoms with van der Waals surface area (Å²) in [5.41, 5.74) is 0.620. The van der Waals surface area contributed by atoms with Gasteiger partial charge in [-0.3, -0.25) is 0 Å². The van der Waals surface area contributed by atoms with Gasteiger partial charge in [0.15, 0.2) is 0 Å². The van der Waals surface area contributed by atoms with Gasteiger partial charge in [-0.2, -0.15) is 0 Å². The number of nitrogens with zero attached hydrogens (tertiary/aromatic N) is 1. The summed E-state index contributed by atoms with van der Waals surface area (Å²) < 4.78 is 16.1. The van der Waals surface area contributed by atoms with Crippen molar-refractivity contribution in [2.75, 3.05) is 32.6 Å². The summed E-state index contributed by atoms with van der Waals surface area (Å²) in [5, 5.41) is 2.87. The molecule has 2 amide bonds. The number of carbonyl (C=O) groups excluding carboxylic acids is 1. The number of benzene rings is 1. The number of urea groups is 1. The number of morpholine rings is 1. The number of nitrogens with one attached hydrogen (secondary N) is 1. The van der Waals surface area contributed by atoms with Crippen molar-refractivity contribution in [1.29, 1.82) is 0 Å². The minimum atomic E-state index is -0.152. The lowest BCUT2D eigenvalue weighted by molar-refractivity contribution is -0.0530. The van der Waals surface area contributed by atoms with Crippen molar-refractivity contribution in [2.45, 2.75) is 26.1 Å². The first-order valence-corrected chi connectivity index (χ1v) is 6.97. The monoisotopic (exact) mass is 294 g/mol. The fraction of sp³-hybridized carbons (Fsp3) is 0.533. The summed E-state index contributed by atoms with van der Waals surface area (Å²) in [4.78, 5) is 14.1. The average molecular weight is 294 g/mol. The Kier molecular flexibility index (Phi) is 4.90. The summed E-state index contributed by atoms with van der Waals surface area (Å²) in [7, 11) is 3.15. The Bertz CT molecular complexity index is 496. The van der Waals surface area contributed by atoms with Crippen molar-refractivity contribution in [2.24, 2.45) is 0 Å². The Balaban J connectivity index is 2.08. The highest BCUT2D eigenvalue weighted by molar-refractivity contribution is 5.91. The maximum absolute atomic E-state index is 12.4. The molecule has 0 aromatic heterocycles. The predicted octanol–water partition coefficient (Wildman–Crippen LogP) is 2.34. The fourth-order valence-corrected chi connectivity index (χ4v) is 2.44. The molecule has 2 atom stereocenters. The molecule has 0 bridgehead atoms. The van der Waals surface area contributed by atoms with Crippen LogP contribution in [-0.2, 0) is 4.74 Å². The molecule has 0 spiro atoms. The van der Waals surface area contributed by atoms with Crippen molar-refractivity contribution in [3.63, 3.8) is 0 Å². The average Bonchev–Trinajstić information content (AvgIpc) is 2.46. The summed E-state index contributed by atoms with van der Waals surface area (Å²) >= 11 is 0. The standard InChI is InChI=1S/C15H22N2O4/c1-10-8-17(9-11(2)21-10)15(18)16-13-6-5-12(19-3)7-14(13)20-4/h5-7,10-11H,8-9H2,1-4H3,(H,16,18)/t10-,11+. The summed E-state index contributed by atoms with van der Waals surface area (Å²) in [6.07, 6.45) is 0.0783. The lowest BCUT2D eigenvalue weighted by atomic mass is 10.2. The molecule has 0 saturated carbocycles. The molecule has 6 nitrogen and oxygen atoms in total. The Hall–Kier alpha value is -1.95. The molecule has 0 aliphatic carbocycles. The second-order valence-electron chi connectivity index (χ2n) is 5.16. The Labute approximate surface area is 125 Å². The first kappa shape index (κ1) is 15.4. The zero-order chi connectivity index (χ0) is 15.4. The molecule has 1 N–H and O–H groups in total. The van der Waals surface area contributed by atoms with Crippen LogP contribution in [0.3, 0.4) is 0 Å². The van der Waals surface area contributed by atoms with E-state index in [2.05, 4.69) is 5.32 Å². The highest BCUT2D eigenvalue weighted by atomic mass is 16.5. The van der Waals surface area contributed by atoms with Gasteiger partial charge in [0.25, 0.3) is 0 Å². The normalized spacial score (nSPS) is 21.8. The fourth-order valence-electron chi connectivity index (χ4n) is 2.44. The number of amides is 2. The number of hydrogen-bond donors (Lipinski definition) is 1. The molecule has 1 aromatic rings. The van der Waals surface area contributed by atoms with Crippen molar-refractivity contribution in [3.8, 4) is 11.5 Å². The molecular weight excluding hydrogens is 272 g/mol. The third kappa shape index (κ3) is 3.78. The molecule has 1 aliphatic heterocycles. The molecule has 1 heterocycles. The minimum absolute atomic E-state index is 0.0391. The SMILES string of the molecule is COc1ccc(NC(=O)N2C[C@@H](C)O[C@@H](C)C2)c(OC)c1. The second kappa shape index (κ2) is 6.67. The molecular formula is C15H22N2O4. The van der Waals surface area contributed by atoms with Gasteiger partial charge < -0.3 is 24.4 Å². The highest BCUT2D eigenvalue weighted by Crippen LogP contribution is 2.29. The van der Waals surface area contributed by atoms with Gasteiger partial charge in [-0.15, -0.1) is 0 Å². The van der Waals surface area contributed by atoms with E-state index >= 15 is 0 Å². The molecule has 21 heavy (non-hydrogen) atoms. The first-order chi connectivity index (χ1) is 10.0. The van der Waals surface area contributed by atoms with Crippen LogP contribution in [0.5, 0.6) is 11.5 Å². The van der Waals surface area contributed by atoms with Crippen molar-refractivity contribution >= 4 is 11.7 Å². The Morgan fingerprint density at radius 2 is 1.90 bits per heavy atom. The van der Waals surface area contributed by atoms with E-state index in [1.54, 1.807) is 37.3 Å². The van der Waals surface area contributed by atoms with Crippen LogP contribution in [0.1, 0.15) is 13.8 Å². The second-order valence-corrected chi connectivity index (χ2v) is 5.16. The Morgan fingerprint density at radius 3 is 2.48 bits per heavy atom. The van der Waals surface area contributed by atoms with Crippen molar-refractivity contribution < 1.29 is 19.0 Å². The van der Waals surface area contributed by atoms with Crippen LogP contribution in [0.25, 0.3) is 0 Å². The topological polar surface area (TPSA) is 60.0 Å². The van der Waals surface area contributed by atoms with E-state index in [1.807, 2.05) is 13.8 Å². The molecule has 6 heteroatoms. The lowest BCUT2D eigenvalue weighted by Gasteiger charge is -2.35. The maximum atomic E-state index is 12.4. The van der Waals surface area contributed by atoms with E-state index in [9.17, 15) is 4.79 Å². The van der Waals surface area contributed by atoms with Gasteiger partial charge in [0, 0.05) is 19.2 Å². The van der Waals surface area contributed by atoms with E-state index < -0.39 is 0 Å². The molecule has 1 fully saturated rings. The molecule has 116 valence electrons. The Morgan fingerprint density at radius 1 is 1.24 bits per heavy atom.